The second kappa shape index (κ2) is 6.95. The van der Waals surface area contributed by atoms with E-state index >= 15 is 0 Å². The average molecular weight is 283 g/mol. The normalized spacial score (nSPS) is 12.3. The van der Waals surface area contributed by atoms with Gasteiger partial charge in [-0.25, -0.2) is 0 Å². The first-order valence-electron chi connectivity index (χ1n) is 6.75. The van der Waals surface area contributed by atoms with Crippen LogP contribution in [0.3, 0.4) is 0 Å². The molecule has 0 aliphatic carbocycles. The van der Waals surface area contributed by atoms with Crippen molar-refractivity contribution in [3.63, 3.8) is 0 Å². The number of carbonyl (C=O) groups is 1. The fourth-order valence-electron chi connectivity index (χ4n) is 2.57. The highest BCUT2D eigenvalue weighted by molar-refractivity contribution is 6.31. The van der Waals surface area contributed by atoms with Crippen LogP contribution in [0.4, 0.5) is 0 Å². The van der Waals surface area contributed by atoms with Crippen LogP contribution in [0, 0.1) is 13.8 Å². The van der Waals surface area contributed by atoms with Gasteiger partial charge in [-0.2, -0.15) is 0 Å². The molecule has 0 radical (unpaired) electrons. The summed E-state index contributed by atoms with van der Waals surface area (Å²) in [4.78, 5) is 11.2. The van der Waals surface area contributed by atoms with E-state index < -0.39 is 0 Å². The maximum Gasteiger partial charge on any atom is 0.129 e. The maximum atomic E-state index is 11.2. The van der Waals surface area contributed by atoms with Gasteiger partial charge in [0.25, 0.3) is 0 Å². The lowest BCUT2D eigenvalue weighted by molar-refractivity contribution is -0.117. The fraction of sp³-hybridized carbons (Fsp3) is 0.562. The van der Waals surface area contributed by atoms with Crippen LogP contribution in [0.5, 0.6) is 5.75 Å². The third kappa shape index (κ3) is 3.73. The number of carbonyl (C=O) groups excluding carboxylic acids is 1. The molecule has 0 aromatic heterocycles. The van der Waals surface area contributed by atoms with Crippen LogP contribution in [-0.2, 0) is 4.79 Å². The molecule has 0 saturated heterocycles. The van der Waals surface area contributed by atoms with E-state index in [0.29, 0.717) is 12.3 Å². The molecule has 0 aliphatic heterocycles. The molecule has 1 aromatic carbocycles. The minimum Gasteiger partial charge on any atom is -0.496 e. The molecule has 0 bridgehead atoms. The highest BCUT2D eigenvalue weighted by atomic mass is 35.5. The predicted molar refractivity (Wildman–Crippen MR) is 80.4 cm³/mol. The van der Waals surface area contributed by atoms with Gasteiger partial charge in [-0.1, -0.05) is 18.5 Å². The Labute approximate surface area is 121 Å². The van der Waals surface area contributed by atoms with Gasteiger partial charge in [0.2, 0.25) is 0 Å². The van der Waals surface area contributed by atoms with Gasteiger partial charge in [-0.15, -0.1) is 0 Å². The quantitative estimate of drug-likeness (QED) is 0.747. The van der Waals surface area contributed by atoms with E-state index in [-0.39, 0.29) is 5.78 Å². The van der Waals surface area contributed by atoms with Gasteiger partial charge in [-0.05, 0) is 56.7 Å². The van der Waals surface area contributed by atoms with E-state index in [4.69, 9.17) is 16.3 Å². The summed E-state index contributed by atoms with van der Waals surface area (Å²) in [6.45, 7) is 7.81. The monoisotopic (exact) mass is 282 g/mol. The van der Waals surface area contributed by atoms with E-state index in [0.717, 1.165) is 40.3 Å². The summed E-state index contributed by atoms with van der Waals surface area (Å²) in [6, 6.07) is 1.94. The lowest BCUT2D eigenvalue weighted by Crippen LogP contribution is -2.07. The Morgan fingerprint density at radius 2 is 2.05 bits per heavy atom. The molecule has 19 heavy (non-hydrogen) atoms. The molecule has 106 valence electrons. The van der Waals surface area contributed by atoms with Gasteiger partial charge < -0.3 is 9.53 Å². The van der Waals surface area contributed by atoms with Crippen molar-refractivity contribution in [1.82, 2.24) is 0 Å². The number of methoxy groups -OCH3 is 1. The Kier molecular flexibility index (Phi) is 5.86. The highest BCUT2D eigenvalue weighted by Crippen LogP contribution is 2.40. The molecule has 0 saturated carbocycles. The smallest absolute Gasteiger partial charge is 0.129 e. The van der Waals surface area contributed by atoms with Crippen molar-refractivity contribution in [2.24, 2.45) is 0 Å². The zero-order valence-corrected chi connectivity index (χ0v) is 13.2. The fourth-order valence-corrected chi connectivity index (χ4v) is 2.83. The van der Waals surface area contributed by atoms with Crippen LogP contribution in [0.1, 0.15) is 55.7 Å². The van der Waals surface area contributed by atoms with Crippen molar-refractivity contribution >= 4 is 17.4 Å². The summed E-state index contributed by atoms with van der Waals surface area (Å²) in [6.07, 6.45) is 2.43. The second-order valence-corrected chi connectivity index (χ2v) is 5.50. The van der Waals surface area contributed by atoms with Gasteiger partial charge in [0.15, 0.2) is 0 Å². The molecule has 2 nitrogen and oxygen atoms in total. The third-order valence-electron chi connectivity index (χ3n) is 3.66. The summed E-state index contributed by atoms with van der Waals surface area (Å²) in [5.41, 5.74) is 3.28. The Morgan fingerprint density at radius 3 is 2.53 bits per heavy atom. The molecule has 3 heteroatoms. The maximum absolute atomic E-state index is 11.2. The van der Waals surface area contributed by atoms with Crippen molar-refractivity contribution < 1.29 is 9.53 Å². The van der Waals surface area contributed by atoms with Gasteiger partial charge in [-0.3, -0.25) is 0 Å². The van der Waals surface area contributed by atoms with Gasteiger partial charge in [0.1, 0.15) is 11.5 Å². The van der Waals surface area contributed by atoms with Crippen LogP contribution in [-0.4, -0.2) is 12.9 Å². The van der Waals surface area contributed by atoms with E-state index in [1.807, 2.05) is 19.9 Å². The first-order valence-corrected chi connectivity index (χ1v) is 7.13. The van der Waals surface area contributed by atoms with Crippen LogP contribution in [0.15, 0.2) is 6.07 Å². The van der Waals surface area contributed by atoms with Crippen LogP contribution >= 0.6 is 11.6 Å². The van der Waals surface area contributed by atoms with Crippen molar-refractivity contribution in [1.29, 1.82) is 0 Å². The molecule has 1 atom stereocenters. The molecule has 0 amide bonds. The largest absolute Gasteiger partial charge is 0.496 e. The number of hydrogen-bond donors (Lipinski definition) is 0. The van der Waals surface area contributed by atoms with Crippen molar-refractivity contribution in [3.8, 4) is 5.75 Å². The van der Waals surface area contributed by atoms with Gasteiger partial charge in [0, 0.05) is 17.0 Å². The van der Waals surface area contributed by atoms with E-state index in [2.05, 4.69) is 6.92 Å². The molecule has 1 unspecified atom stereocenters. The molecule has 0 N–H and O–H groups in total. The number of halogens is 1. The molecule has 0 fully saturated rings. The van der Waals surface area contributed by atoms with Crippen molar-refractivity contribution in [2.75, 3.05) is 7.11 Å². The zero-order valence-electron chi connectivity index (χ0n) is 12.5. The number of ether oxygens (including phenoxy) is 1. The minimum absolute atomic E-state index is 0.230. The number of rotatable bonds is 6. The number of benzene rings is 1. The van der Waals surface area contributed by atoms with Gasteiger partial charge in [0.05, 0.1) is 7.11 Å². The SMILES string of the molecule is CCC(CCC(C)=O)c1c(C)c(Cl)cc(C)c1OC. The molecule has 0 aliphatic rings. The molecule has 0 heterocycles. The third-order valence-corrected chi connectivity index (χ3v) is 4.05. The Hall–Kier alpha value is -1.02. The van der Waals surface area contributed by atoms with Crippen LogP contribution in [0.25, 0.3) is 0 Å². The number of hydrogen-bond acceptors (Lipinski definition) is 2. The lowest BCUT2D eigenvalue weighted by Gasteiger charge is -2.23. The summed E-state index contributed by atoms with van der Waals surface area (Å²) >= 11 is 6.29. The Morgan fingerprint density at radius 1 is 1.42 bits per heavy atom. The first kappa shape index (κ1) is 16.0. The second-order valence-electron chi connectivity index (χ2n) is 5.09. The Bertz CT molecular complexity index is 466. The number of Topliss-reactive ketones (excluding diaryl/α,β-unsaturated/α-hetero) is 1. The van der Waals surface area contributed by atoms with Crippen LogP contribution in [0.2, 0.25) is 5.02 Å². The summed E-state index contributed by atoms with van der Waals surface area (Å²) in [7, 11) is 1.69. The van der Waals surface area contributed by atoms with E-state index in [9.17, 15) is 4.79 Å². The molecular formula is C16H23ClO2. The number of aryl methyl sites for hydroxylation is 1. The number of ketones is 1. The van der Waals surface area contributed by atoms with E-state index in [1.165, 1.54) is 0 Å². The molecule has 1 aromatic rings. The highest BCUT2D eigenvalue weighted by Gasteiger charge is 2.21. The molecule has 1 rings (SSSR count). The summed E-state index contributed by atoms with van der Waals surface area (Å²) in [5.74, 6) is 1.46. The first-order chi connectivity index (χ1) is 8.92. The topological polar surface area (TPSA) is 26.3 Å². The standard InChI is InChI=1S/C16H23ClO2/c1-6-13(8-7-11(3)18)15-12(4)14(17)9-10(2)16(15)19-5/h9,13H,6-8H2,1-5H3. The lowest BCUT2D eigenvalue weighted by atomic mass is 9.86. The predicted octanol–water partition coefficient (Wildman–Crippen LogP) is 4.83. The molecular weight excluding hydrogens is 260 g/mol. The van der Waals surface area contributed by atoms with Crippen LogP contribution < -0.4 is 4.74 Å². The minimum atomic E-state index is 0.230. The zero-order chi connectivity index (χ0) is 14.6. The Balaban J connectivity index is 3.24. The van der Waals surface area contributed by atoms with Gasteiger partial charge >= 0.3 is 0 Å². The van der Waals surface area contributed by atoms with E-state index in [1.54, 1.807) is 14.0 Å². The summed E-state index contributed by atoms with van der Waals surface area (Å²) in [5, 5.41) is 0.773. The average Bonchev–Trinajstić information content (AvgIpc) is 2.35. The summed E-state index contributed by atoms with van der Waals surface area (Å²) < 4.78 is 5.56. The van der Waals surface area contributed by atoms with Crippen molar-refractivity contribution in [2.45, 2.75) is 52.9 Å². The molecule has 0 spiro atoms. The van der Waals surface area contributed by atoms with Crippen molar-refractivity contribution in [3.05, 3.63) is 27.8 Å².